The molecule has 170 valence electrons. The van der Waals surface area contributed by atoms with Gasteiger partial charge in [0, 0.05) is 24.7 Å². The summed E-state index contributed by atoms with van der Waals surface area (Å²) in [7, 11) is 3.25. The molecule has 4 aromatic rings. The van der Waals surface area contributed by atoms with Gasteiger partial charge in [0.15, 0.2) is 0 Å². The quantitative estimate of drug-likeness (QED) is 0.370. The van der Waals surface area contributed by atoms with E-state index in [0.717, 1.165) is 16.7 Å². The molecular weight excluding hydrogens is 494 g/mol. The van der Waals surface area contributed by atoms with E-state index in [1.165, 1.54) is 10.6 Å². The molecule has 0 amide bonds. The van der Waals surface area contributed by atoms with Gasteiger partial charge in [-0.2, -0.15) is 4.98 Å². The molecule has 0 spiro atoms. The third-order valence-electron chi connectivity index (χ3n) is 5.00. The summed E-state index contributed by atoms with van der Waals surface area (Å²) < 4.78 is 13.4. The van der Waals surface area contributed by atoms with E-state index in [4.69, 9.17) is 14.6 Å². The van der Waals surface area contributed by atoms with Crippen molar-refractivity contribution in [2.24, 2.45) is 7.05 Å². The first-order valence-electron chi connectivity index (χ1n) is 9.80. The van der Waals surface area contributed by atoms with Gasteiger partial charge in [-0.15, -0.1) is 0 Å². The number of fused-ring (bicyclic) bond motifs is 1. The van der Waals surface area contributed by atoms with Crippen LogP contribution in [0, 0.1) is 6.92 Å². The van der Waals surface area contributed by atoms with Crippen LogP contribution in [0.5, 0.6) is 11.6 Å². The maximum Gasteiger partial charge on any atom is 0.512 e. The number of rotatable bonds is 6. The van der Waals surface area contributed by atoms with Crippen molar-refractivity contribution < 1.29 is 19.4 Å². The van der Waals surface area contributed by atoms with Crippen LogP contribution >= 0.6 is 15.9 Å². The Balaban J connectivity index is 1.76. The minimum Gasteiger partial charge on any atom is -0.497 e. The third-order valence-corrected chi connectivity index (χ3v) is 5.57. The molecule has 3 heterocycles. The molecule has 4 rings (SSSR count). The number of aromatic nitrogens is 4. The SMILES string of the molecule is COc1ccc(Cn2c(=O)c(Br)cc3c(C)nc(Nc4cc(OC(=O)O)n(C)c4)nc32)cc1. The van der Waals surface area contributed by atoms with Crippen molar-refractivity contribution in [1.82, 2.24) is 19.1 Å². The fraction of sp³-hybridized carbons (Fsp3) is 0.182. The largest absolute Gasteiger partial charge is 0.512 e. The van der Waals surface area contributed by atoms with Crippen LogP contribution in [0.15, 0.2) is 51.9 Å². The lowest BCUT2D eigenvalue weighted by Crippen LogP contribution is -2.23. The predicted molar refractivity (Wildman–Crippen MR) is 126 cm³/mol. The molecule has 0 fully saturated rings. The second-order valence-electron chi connectivity index (χ2n) is 7.27. The van der Waals surface area contributed by atoms with Gasteiger partial charge in [0.2, 0.25) is 11.8 Å². The Bertz CT molecular complexity index is 1410. The number of benzene rings is 1. The summed E-state index contributed by atoms with van der Waals surface area (Å²) in [4.78, 5) is 32.9. The van der Waals surface area contributed by atoms with E-state index < -0.39 is 6.16 Å². The first kappa shape index (κ1) is 22.3. The lowest BCUT2D eigenvalue weighted by molar-refractivity contribution is 0.141. The van der Waals surface area contributed by atoms with Gasteiger partial charge in [0.05, 0.1) is 29.5 Å². The molecule has 1 aromatic carbocycles. The zero-order valence-electron chi connectivity index (χ0n) is 18.0. The zero-order valence-corrected chi connectivity index (χ0v) is 19.6. The number of aryl methyl sites for hydroxylation is 2. The fourth-order valence-corrected chi connectivity index (χ4v) is 3.85. The highest BCUT2D eigenvalue weighted by atomic mass is 79.9. The number of pyridine rings is 1. The van der Waals surface area contributed by atoms with Gasteiger partial charge < -0.3 is 24.5 Å². The molecule has 0 unspecified atom stereocenters. The van der Waals surface area contributed by atoms with Crippen LogP contribution in [-0.2, 0) is 13.6 Å². The number of carbonyl (C=O) groups is 1. The molecule has 0 aliphatic heterocycles. The highest BCUT2D eigenvalue weighted by Crippen LogP contribution is 2.25. The van der Waals surface area contributed by atoms with Crippen molar-refractivity contribution >= 4 is 44.8 Å². The number of ether oxygens (including phenoxy) is 2. The van der Waals surface area contributed by atoms with Crippen LogP contribution in [0.4, 0.5) is 16.4 Å². The summed E-state index contributed by atoms with van der Waals surface area (Å²) in [5.41, 5.74) is 2.35. The van der Waals surface area contributed by atoms with Crippen molar-refractivity contribution in [2.75, 3.05) is 12.4 Å². The minimum absolute atomic E-state index is 0.142. The first-order valence-corrected chi connectivity index (χ1v) is 10.6. The van der Waals surface area contributed by atoms with E-state index in [9.17, 15) is 9.59 Å². The summed E-state index contributed by atoms with van der Waals surface area (Å²) in [6.45, 7) is 2.13. The van der Waals surface area contributed by atoms with Gasteiger partial charge in [0.25, 0.3) is 5.56 Å². The second-order valence-corrected chi connectivity index (χ2v) is 8.13. The Morgan fingerprint density at radius 2 is 1.94 bits per heavy atom. The number of nitrogens with zero attached hydrogens (tertiary/aromatic N) is 4. The number of hydrogen-bond donors (Lipinski definition) is 2. The van der Waals surface area contributed by atoms with E-state index in [1.54, 1.807) is 31.0 Å². The Hall–Kier alpha value is -3.86. The summed E-state index contributed by atoms with van der Waals surface area (Å²) in [6, 6.07) is 10.7. The number of anilines is 2. The van der Waals surface area contributed by atoms with Gasteiger partial charge >= 0.3 is 6.16 Å². The molecule has 3 aromatic heterocycles. The maximum absolute atomic E-state index is 13.0. The van der Waals surface area contributed by atoms with Crippen LogP contribution in [0.2, 0.25) is 0 Å². The lowest BCUT2D eigenvalue weighted by Gasteiger charge is -2.14. The predicted octanol–water partition coefficient (Wildman–Crippen LogP) is 4.06. The fourth-order valence-electron chi connectivity index (χ4n) is 3.40. The maximum atomic E-state index is 13.0. The zero-order chi connectivity index (χ0) is 23.7. The van der Waals surface area contributed by atoms with Gasteiger partial charge in [0.1, 0.15) is 11.4 Å². The standard InChI is InChI=1S/C22H20BrN5O5/c1-12-16-9-17(23)20(29)28(10-13-4-6-15(32-3)7-5-13)19(16)26-21(24-12)25-14-8-18(27(2)11-14)33-22(30)31/h4-9,11H,10H2,1-3H3,(H,30,31)(H,24,25,26). The van der Waals surface area contributed by atoms with Gasteiger partial charge in [-0.1, -0.05) is 12.1 Å². The van der Waals surface area contributed by atoms with Gasteiger partial charge in [-0.25, -0.2) is 9.78 Å². The Kier molecular flexibility index (Phi) is 6.05. The summed E-state index contributed by atoms with van der Waals surface area (Å²) in [5, 5.41) is 12.6. The van der Waals surface area contributed by atoms with Gasteiger partial charge in [-0.05, 0) is 46.6 Å². The number of hydrogen-bond acceptors (Lipinski definition) is 7. The first-order chi connectivity index (χ1) is 15.7. The van der Waals surface area contributed by atoms with Crippen molar-refractivity contribution in [3.05, 3.63) is 68.7 Å². The average Bonchev–Trinajstić information content (AvgIpc) is 3.10. The molecule has 2 N–H and O–H groups in total. The topological polar surface area (TPSA) is 121 Å². The number of halogens is 1. The van der Waals surface area contributed by atoms with Gasteiger partial charge in [-0.3, -0.25) is 9.36 Å². The van der Waals surface area contributed by atoms with Crippen molar-refractivity contribution in [3.63, 3.8) is 0 Å². The smallest absolute Gasteiger partial charge is 0.497 e. The molecule has 10 nitrogen and oxygen atoms in total. The van der Waals surface area contributed by atoms with E-state index in [2.05, 4.69) is 31.2 Å². The van der Waals surface area contributed by atoms with Crippen LogP contribution < -0.4 is 20.3 Å². The highest BCUT2D eigenvalue weighted by Gasteiger charge is 2.15. The lowest BCUT2D eigenvalue weighted by atomic mass is 10.2. The highest BCUT2D eigenvalue weighted by molar-refractivity contribution is 9.10. The van der Waals surface area contributed by atoms with Crippen molar-refractivity contribution in [1.29, 1.82) is 0 Å². The van der Waals surface area contributed by atoms with Crippen LogP contribution in [0.3, 0.4) is 0 Å². The minimum atomic E-state index is -1.41. The number of carboxylic acid groups (broad SMARTS) is 1. The molecule has 0 saturated heterocycles. The van der Waals surface area contributed by atoms with Crippen LogP contribution in [-0.4, -0.2) is 37.5 Å². The molecular formula is C22H20BrN5O5. The van der Waals surface area contributed by atoms with E-state index >= 15 is 0 Å². The Labute approximate surface area is 196 Å². The average molecular weight is 514 g/mol. The number of nitrogens with one attached hydrogen (secondary N) is 1. The molecule has 0 aliphatic rings. The molecule has 0 radical (unpaired) electrons. The molecule has 0 bridgehead atoms. The summed E-state index contributed by atoms with van der Waals surface area (Å²) in [5.74, 6) is 1.13. The third kappa shape index (κ3) is 4.67. The van der Waals surface area contributed by atoms with E-state index in [-0.39, 0.29) is 17.4 Å². The molecule has 0 aliphatic carbocycles. The van der Waals surface area contributed by atoms with Crippen molar-refractivity contribution in [3.8, 4) is 11.6 Å². The monoisotopic (exact) mass is 513 g/mol. The number of methoxy groups -OCH3 is 1. The molecule has 0 saturated carbocycles. The Morgan fingerprint density at radius 3 is 2.61 bits per heavy atom. The second kappa shape index (κ2) is 8.94. The van der Waals surface area contributed by atoms with E-state index in [1.807, 2.05) is 31.2 Å². The van der Waals surface area contributed by atoms with Crippen molar-refractivity contribution in [2.45, 2.75) is 13.5 Å². The normalized spacial score (nSPS) is 10.9. The molecule has 11 heteroatoms. The Morgan fingerprint density at radius 1 is 1.21 bits per heavy atom. The van der Waals surface area contributed by atoms with Crippen LogP contribution in [0.25, 0.3) is 11.0 Å². The molecule has 0 atom stereocenters. The molecule has 33 heavy (non-hydrogen) atoms. The summed E-state index contributed by atoms with van der Waals surface area (Å²) in [6.07, 6.45) is 0.237. The van der Waals surface area contributed by atoms with Crippen LogP contribution in [0.1, 0.15) is 11.3 Å². The summed E-state index contributed by atoms with van der Waals surface area (Å²) >= 11 is 3.35. The van der Waals surface area contributed by atoms with E-state index in [0.29, 0.717) is 28.0 Å².